The highest BCUT2D eigenvalue weighted by atomic mass is 32.2. The summed E-state index contributed by atoms with van der Waals surface area (Å²) in [5.41, 5.74) is 6.36. The molecule has 1 aliphatic heterocycles. The minimum atomic E-state index is -4.51. The Labute approximate surface area is 123 Å². The molecule has 1 fully saturated rings. The highest BCUT2D eigenvalue weighted by Crippen LogP contribution is 2.22. The molecule has 0 aromatic heterocycles. The van der Waals surface area contributed by atoms with E-state index in [-0.39, 0.29) is 4.90 Å². The first-order valence-electron chi connectivity index (χ1n) is 6.74. The summed E-state index contributed by atoms with van der Waals surface area (Å²) in [6.07, 6.45) is 0. The Morgan fingerprint density at radius 2 is 1.67 bits per heavy atom. The van der Waals surface area contributed by atoms with Crippen LogP contribution < -0.4 is 10.6 Å². The Balaban J connectivity index is 2.04. The van der Waals surface area contributed by atoms with Crippen molar-refractivity contribution in [1.29, 1.82) is 0 Å². The molecule has 118 valence electrons. The average molecular weight is 319 g/mol. The molecule has 0 unspecified atom stereocenters. The van der Waals surface area contributed by atoms with Gasteiger partial charge >= 0.3 is 5.76 Å². The lowest BCUT2D eigenvalue weighted by Crippen LogP contribution is -2.47. The van der Waals surface area contributed by atoms with Gasteiger partial charge in [-0.3, -0.25) is 4.90 Å². The average Bonchev–Trinajstić information content (AvgIpc) is 2.48. The fourth-order valence-electron chi connectivity index (χ4n) is 2.36. The zero-order valence-corrected chi connectivity index (χ0v) is 12.4. The number of nitrogens with zero attached hydrogens (tertiary/aromatic N) is 2. The number of halogens is 2. The van der Waals surface area contributed by atoms with Gasteiger partial charge in [-0.2, -0.15) is 8.78 Å². The molecule has 0 saturated carbocycles. The van der Waals surface area contributed by atoms with Crippen molar-refractivity contribution in [2.24, 2.45) is 5.73 Å². The normalized spacial score (nSPS) is 17.4. The summed E-state index contributed by atoms with van der Waals surface area (Å²) in [4.78, 5) is 4.01. The Morgan fingerprint density at radius 3 is 2.14 bits per heavy atom. The lowest BCUT2D eigenvalue weighted by molar-refractivity contribution is 0.234. The Bertz CT molecular complexity index is 555. The fraction of sp³-hybridized carbons (Fsp3) is 0.538. The van der Waals surface area contributed by atoms with Crippen molar-refractivity contribution in [3.05, 3.63) is 24.3 Å². The van der Waals surface area contributed by atoms with Crippen LogP contribution >= 0.6 is 0 Å². The predicted molar refractivity (Wildman–Crippen MR) is 77.3 cm³/mol. The third kappa shape index (κ3) is 3.69. The molecule has 0 amide bonds. The molecule has 5 nitrogen and oxygen atoms in total. The molecule has 0 atom stereocenters. The first kappa shape index (κ1) is 16.1. The van der Waals surface area contributed by atoms with Gasteiger partial charge in [-0.05, 0) is 24.3 Å². The lowest BCUT2D eigenvalue weighted by Gasteiger charge is -2.35. The van der Waals surface area contributed by atoms with Crippen LogP contribution in [0.3, 0.4) is 0 Å². The van der Waals surface area contributed by atoms with E-state index in [1.807, 2.05) is 0 Å². The van der Waals surface area contributed by atoms with Crippen molar-refractivity contribution >= 4 is 15.5 Å². The number of sulfone groups is 1. The molecule has 0 bridgehead atoms. The van der Waals surface area contributed by atoms with Gasteiger partial charge in [0, 0.05) is 45.0 Å². The molecular formula is C13H19F2N3O2S. The summed E-state index contributed by atoms with van der Waals surface area (Å²) < 4.78 is 47.6. The molecule has 2 rings (SSSR count). The van der Waals surface area contributed by atoms with E-state index in [1.165, 1.54) is 12.1 Å². The van der Waals surface area contributed by atoms with Crippen molar-refractivity contribution < 1.29 is 17.2 Å². The zero-order valence-electron chi connectivity index (χ0n) is 11.6. The molecule has 21 heavy (non-hydrogen) atoms. The third-order valence-corrected chi connectivity index (χ3v) is 4.98. The smallest absolute Gasteiger partial charge is 0.341 e. The largest absolute Gasteiger partial charge is 0.369 e. The van der Waals surface area contributed by atoms with Crippen molar-refractivity contribution in [2.75, 3.05) is 44.2 Å². The van der Waals surface area contributed by atoms with E-state index in [4.69, 9.17) is 5.73 Å². The van der Waals surface area contributed by atoms with E-state index in [1.54, 1.807) is 12.1 Å². The number of hydrogen-bond acceptors (Lipinski definition) is 5. The first-order valence-corrected chi connectivity index (χ1v) is 8.29. The monoisotopic (exact) mass is 319 g/mol. The molecule has 0 aliphatic carbocycles. The number of benzene rings is 1. The molecule has 1 aromatic rings. The van der Waals surface area contributed by atoms with Crippen LogP contribution in [0.4, 0.5) is 14.5 Å². The maximum atomic E-state index is 12.5. The van der Waals surface area contributed by atoms with Crippen molar-refractivity contribution in [3.8, 4) is 0 Å². The van der Waals surface area contributed by atoms with Gasteiger partial charge in [0.25, 0.3) is 0 Å². The van der Waals surface area contributed by atoms with Crippen LogP contribution in [0.1, 0.15) is 0 Å². The first-order chi connectivity index (χ1) is 9.95. The number of nitrogens with two attached hydrogens (primary N) is 1. The van der Waals surface area contributed by atoms with E-state index in [0.29, 0.717) is 6.54 Å². The van der Waals surface area contributed by atoms with Gasteiger partial charge in [-0.15, -0.1) is 0 Å². The number of anilines is 1. The van der Waals surface area contributed by atoms with Gasteiger partial charge in [0.05, 0.1) is 4.90 Å². The second-order valence-electron chi connectivity index (χ2n) is 4.92. The molecule has 2 N–H and O–H groups in total. The van der Waals surface area contributed by atoms with Gasteiger partial charge in [-0.1, -0.05) is 0 Å². The Hall–Kier alpha value is -1.25. The lowest BCUT2D eigenvalue weighted by atomic mass is 10.2. The van der Waals surface area contributed by atoms with Crippen LogP contribution in [0.25, 0.3) is 0 Å². The van der Waals surface area contributed by atoms with Crippen molar-refractivity contribution in [3.63, 3.8) is 0 Å². The van der Waals surface area contributed by atoms with Gasteiger partial charge in [0.1, 0.15) is 0 Å². The second kappa shape index (κ2) is 6.67. The van der Waals surface area contributed by atoms with Crippen LogP contribution in [0.15, 0.2) is 29.2 Å². The van der Waals surface area contributed by atoms with Gasteiger partial charge in [0.15, 0.2) is 0 Å². The summed E-state index contributed by atoms with van der Waals surface area (Å²) in [7, 11) is -4.51. The summed E-state index contributed by atoms with van der Waals surface area (Å²) >= 11 is 0. The van der Waals surface area contributed by atoms with Crippen LogP contribution in [0.5, 0.6) is 0 Å². The third-order valence-electron chi connectivity index (χ3n) is 3.58. The quantitative estimate of drug-likeness (QED) is 0.868. The standard InChI is InChI=1S/C13H19F2N3O2S/c14-13(15)21(19,20)12-3-1-11(2-4-12)18-9-7-17(6-5-16)8-10-18/h1-4,13H,5-10,16H2. The van der Waals surface area contributed by atoms with E-state index >= 15 is 0 Å². The summed E-state index contributed by atoms with van der Waals surface area (Å²) in [5, 5.41) is 0. The van der Waals surface area contributed by atoms with Crippen LogP contribution in [0.2, 0.25) is 0 Å². The fourth-order valence-corrected chi connectivity index (χ4v) is 3.08. The van der Waals surface area contributed by atoms with E-state index in [2.05, 4.69) is 9.80 Å². The van der Waals surface area contributed by atoms with Gasteiger partial charge in [-0.25, -0.2) is 8.42 Å². The molecule has 1 aromatic carbocycles. The molecule has 1 heterocycles. The van der Waals surface area contributed by atoms with Gasteiger partial charge < -0.3 is 10.6 Å². The number of hydrogen-bond donors (Lipinski definition) is 1. The summed E-state index contributed by atoms with van der Waals surface area (Å²) in [6, 6.07) is 5.63. The molecule has 8 heteroatoms. The number of alkyl halides is 2. The minimum absolute atomic E-state index is 0.344. The molecule has 1 saturated heterocycles. The zero-order chi connectivity index (χ0) is 15.5. The van der Waals surface area contributed by atoms with Crippen molar-refractivity contribution in [1.82, 2.24) is 4.90 Å². The van der Waals surface area contributed by atoms with E-state index < -0.39 is 15.6 Å². The predicted octanol–water partition coefficient (Wildman–Crippen LogP) is 0.764. The highest BCUT2D eigenvalue weighted by molar-refractivity contribution is 7.91. The number of rotatable bonds is 5. The van der Waals surface area contributed by atoms with Crippen LogP contribution in [0, 0.1) is 0 Å². The number of piperazine rings is 1. The minimum Gasteiger partial charge on any atom is -0.369 e. The van der Waals surface area contributed by atoms with Gasteiger partial charge in [0.2, 0.25) is 9.84 Å². The molecular weight excluding hydrogens is 300 g/mol. The summed E-state index contributed by atoms with van der Waals surface area (Å²) in [5.74, 6) is -3.39. The van der Waals surface area contributed by atoms with Crippen LogP contribution in [-0.4, -0.2) is 58.3 Å². The SMILES string of the molecule is NCCN1CCN(c2ccc(S(=O)(=O)C(F)F)cc2)CC1. The molecule has 1 aliphatic rings. The highest BCUT2D eigenvalue weighted by Gasteiger charge is 2.26. The maximum absolute atomic E-state index is 12.5. The Kier molecular flexibility index (Phi) is 5.13. The maximum Gasteiger partial charge on any atom is 0.341 e. The van der Waals surface area contributed by atoms with E-state index in [9.17, 15) is 17.2 Å². The topological polar surface area (TPSA) is 66.6 Å². The van der Waals surface area contributed by atoms with Crippen molar-refractivity contribution in [2.45, 2.75) is 10.7 Å². The Morgan fingerprint density at radius 1 is 1.10 bits per heavy atom. The second-order valence-corrected chi connectivity index (χ2v) is 6.83. The van der Waals surface area contributed by atoms with Crippen LogP contribution in [-0.2, 0) is 9.84 Å². The molecule has 0 spiro atoms. The summed E-state index contributed by atoms with van der Waals surface area (Å²) in [6.45, 7) is 4.87. The van der Waals surface area contributed by atoms with E-state index in [0.717, 1.165) is 38.4 Å². The molecule has 0 radical (unpaired) electrons.